The van der Waals surface area contributed by atoms with Crippen molar-refractivity contribution >= 4 is 38.1 Å². The Hall–Kier alpha value is -2.95. The maximum absolute atomic E-state index is 12.9. The summed E-state index contributed by atoms with van der Waals surface area (Å²) in [4.78, 5) is 30.4. The van der Waals surface area contributed by atoms with Crippen LogP contribution in [0, 0.1) is 13.8 Å². The molecule has 0 atom stereocenters. The Balaban J connectivity index is 2.33. The minimum atomic E-state index is -4.37. The van der Waals surface area contributed by atoms with Gasteiger partial charge in [-0.3, -0.25) is 4.79 Å². The van der Waals surface area contributed by atoms with Crippen molar-refractivity contribution in [1.29, 1.82) is 0 Å². The molecule has 0 radical (unpaired) electrons. The predicted molar refractivity (Wildman–Crippen MR) is 128 cm³/mol. The smallest absolute Gasteiger partial charge is 0.340 e. The SMILES string of the molecule is CCOC(=O)c1c(C)[nH]c(C(=C2C(=O)Nc3ccc(C)cc32)S(N)(=O)=O)c1CCCN(C)C. The fourth-order valence-corrected chi connectivity index (χ4v) is 5.03. The lowest BCUT2D eigenvalue weighted by molar-refractivity contribution is -0.110. The maximum atomic E-state index is 12.9. The number of nitrogens with one attached hydrogen (secondary N) is 2. The molecule has 1 aliphatic heterocycles. The monoisotopic (exact) mass is 474 g/mol. The largest absolute Gasteiger partial charge is 0.462 e. The summed E-state index contributed by atoms with van der Waals surface area (Å²) in [5.41, 5.74) is 3.12. The summed E-state index contributed by atoms with van der Waals surface area (Å²) in [7, 11) is -0.518. The average Bonchev–Trinajstić information content (AvgIpc) is 3.18. The summed E-state index contributed by atoms with van der Waals surface area (Å²) in [6, 6.07) is 5.28. The third-order valence-electron chi connectivity index (χ3n) is 5.46. The molecule has 1 aromatic carbocycles. The number of esters is 1. The number of hydrogen-bond acceptors (Lipinski definition) is 6. The summed E-state index contributed by atoms with van der Waals surface area (Å²) >= 11 is 0. The van der Waals surface area contributed by atoms with Gasteiger partial charge in [-0.05, 0) is 71.9 Å². The van der Waals surface area contributed by atoms with E-state index in [1.54, 1.807) is 26.0 Å². The van der Waals surface area contributed by atoms with E-state index in [0.29, 0.717) is 35.3 Å². The van der Waals surface area contributed by atoms with Crippen LogP contribution < -0.4 is 10.5 Å². The number of carbonyl (C=O) groups excluding carboxylic acids is 2. The third kappa shape index (κ3) is 5.02. The van der Waals surface area contributed by atoms with Gasteiger partial charge in [0.2, 0.25) is 10.0 Å². The molecule has 0 saturated carbocycles. The number of benzene rings is 1. The van der Waals surface area contributed by atoms with E-state index in [9.17, 15) is 18.0 Å². The molecule has 9 nitrogen and oxygen atoms in total. The van der Waals surface area contributed by atoms with Crippen molar-refractivity contribution in [3.63, 3.8) is 0 Å². The second-order valence-electron chi connectivity index (χ2n) is 8.36. The number of anilines is 1. The number of aryl methyl sites for hydroxylation is 2. The number of hydrogen-bond donors (Lipinski definition) is 3. The number of H-pyrrole nitrogens is 1. The summed E-state index contributed by atoms with van der Waals surface area (Å²) in [6.07, 6.45) is 1.04. The second-order valence-corrected chi connectivity index (χ2v) is 9.86. The highest BCUT2D eigenvalue weighted by Gasteiger charge is 2.36. The summed E-state index contributed by atoms with van der Waals surface area (Å²) in [5, 5.41) is 8.39. The molecule has 0 aliphatic carbocycles. The van der Waals surface area contributed by atoms with Gasteiger partial charge in [0, 0.05) is 16.9 Å². The van der Waals surface area contributed by atoms with Gasteiger partial charge in [0.05, 0.1) is 23.4 Å². The van der Waals surface area contributed by atoms with Crippen molar-refractivity contribution in [3.05, 3.63) is 51.8 Å². The highest BCUT2D eigenvalue weighted by atomic mass is 32.2. The van der Waals surface area contributed by atoms with Gasteiger partial charge in [-0.25, -0.2) is 18.4 Å². The molecule has 178 valence electrons. The van der Waals surface area contributed by atoms with Crippen LogP contribution in [0.25, 0.3) is 10.5 Å². The summed E-state index contributed by atoms with van der Waals surface area (Å²) in [5.74, 6) is -1.12. The van der Waals surface area contributed by atoms with Gasteiger partial charge in [0.1, 0.15) is 4.91 Å². The molecule has 0 saturated heterocycles. The lowest BCUT2D eigenvalue weighted by Gasteiger charge is -2.13. The maximum Gasteiger partial charge on any atom is 0.340 e. The van der Waals surface area contributed by atoms with E-state index in [2.05, 4.69) is 10.3 Å². The Bertz CT molecular complexity index is 1240. The number of rotatable bonds is 8. The first-order chi connectivity index (χ1) is 15.5. The van der Waals surface area contributed by atoms with Crippen LogP contribution in [0.2, 0.25) is 0 Å². The molecule has 2 aromatic rings. The predicted octanol–water partition coefficient (Wildman–Crippen LogP) is 2.41. The number of amides is 1. The Kier molecular flexibility index (Phi) is 7.11. The molecular formula is C23H30N4O5S. The lowest BCUT2D eigenvalue weighted by Crippen LogP contribution is -2.20. The van der Waals surface area contributed by atoms with E-state index in [-0.39, 0.29) is 28.3 Å². The fraction of sp³-hybridized carbons (Fsp3) is 0.391. The zero-order valence-corrected chi connectivity index (χ0v) is 20.4. The Labute approximate surface area is 194 Å². The molecule has 10 heteroatoms. The molecule has 0 spiro atoms. The highest BCUT2D eigenvalue weighted by molar-refractivity contribution is 7.98. The number of nitrogens with zero attached hydrogens (tertiary/aromatic N) is 1. The van der Waals surface area contributed by atoms with E-state index in [4.69, 9.17) is 9.88 Å². The lowest BCUT2D eigenvalue weighted by atomic mass is 9.99. The standard InChI is InChI=1S/C23H30N4O5S/c1-6-32-23(29)18-14(3)25-20(15(18)8-7-11-27(4)5)21(33(24,30)31)19-16-12-13(2)9-10-17(16)26-22(19)28/h9-10,12,25H,6-8,11H2,1-5H3,(H,26,28)(H2,24,30,31). The first kappa shape index (κ1) is 24.7. The molecule has 1 amide bonds. The van der Waals surface area contributed by atoms with Crippen LogP contribution in [0.15, 0.2) is 18.2 Å². The molecule has 2 heterocycles. The van der Waals surface area contributed by atoms with Crippen LogP contribution in [0.5, 0.6) is 0 Å². The topological polar surface area (TPSA) is 135 Å². The normalized spacial score (nSPS) is 14.9. The number of carbonyl (C=O) groups is 2. The van der Waals surface area contributed by atoms with Crippen molar-refractivity contribution in [1.82, 2.24) is 9.88 Å². The van der Waals surface area contributed by atoms with Gasteiger partial charge in [-0.15, -0.1) is 0 Å². The molecule has 1 aromatic heterocycles. The first-order valence-corrected chi connectivity index (χ1v) is 12.2. The number of aromatic nitrogens is 1. The Morgan fingerprint density at radius 2 is 1.91 bits per heavy atom. The van der Waals surface area contributed by atoms with Crippen molar-refractivity contribution in [2.24, 2.45) is 5.14 Å². The molecular weight excluding hydrogens is 444 g/mol. The molecule has 1 aliphatic rings. The molecule has 0 fully saturated rings. The first-order valence-electron chi connectivity index (χ1n) is 10.7. The van der Waals surface area contributed by atoms with Crippen LogP contribution in [0.4, 0.5) is 5.69 Å². The van der Waals surface area contributed by atoms with Crippen LogP contribution in [-0.4, -0.2) is 57.4 Å². The van der Waals surface area contributed by atoms with Crippen molar-refractivity contribution in [2.75, 3.05) is 32.6 Å². The van der Waals surface area contributed by atoms with Gasteiger partial charge in [0.15, 0.2) is 0 Å². The number of nitrogens with two attached hydrogens (primary N) is 1. The Morgan fingerprint density at radius 3 is 2.52 bits per heavy atom. The molecule has 0 bridgehead atoms. The zero-order chi connectivity index (χ0) is 24.5. The van der Waals surface area contributed by atoms with Gasteiger partial charge in [-0.1, -0.05) is 11.6 Å². The van der Waals surface area contributed by atoms with Crippen LogP contribution in [0.1, 0.15) is 51.8 Å². The van der Waals surface area contributed by atoms with E-state index in [0.717, 1.165) is 12.1 Å². The molecule has 33 heavy (non-hydrogen) atoms. The van der Waals surface area contributed by atoms with Gasteiger partial charge in [0.25, 0.3) is 5.91 Å². The van der Waals surface area contributed by atoms with Gasteiger partial charge in [-0.2, -0.15) is 0 Å². The van der Waals surface area contributed by atoms with Crippen LogP contribution in [-0.2, 0) is 26.0 Å². The van der Waals surface area contributed by atoms with E-state index >= 15 is 0 Å². The number of aromatic amines is 1. The number of fused-ring (bicyclic) bond motifs is 1. The van der Waals surface area contributed by atoms with E-state index in [1.165, 1.54) is 0 Å². The Morgan fingerprint density at radius 1 is 1.21 bits per heavy atom. The number of primary sulfonamides is 1. The summed E-state index contributed by atoms with van der Waals surface area (Å²) in [6.45, 7) is 6.11. The van der Waals surface area contributed by atoms with Crippen molar-refractivity contribution < 1.29 is 22.7 Å². The fourth-order valence-electron chi connectivity index (χ4n) is 4.09. The number of ether oxygens (including phenoxy) is 1. The van der Waals surface area contributed by atoms with Crippen LogP contribution in [0.3, 0.4) is 0 Å². The zero-order valence-electron chi connectivity index (χ0n) is 19.5. The van der Waals surface area contributed by atoms with Gasteiger partial charge >= 0.3 is 5.97 Å². The van der Waals surface area contributed by atoms with Crippen molar-refractivity contribution in [3.8, 4) is 0 Å². The highest BCUT2D eigenvalue weighted by Crippen LogP contribution is 2.41. The van der Waals surface area contributed by atoms with E-state index < -0.39 is 21.9 Å². The van der Waals surface area contributed by atoms with Crippen molar-refractivity contribution in [2.45, 2.75) is 33.6 Å². The van der Waals surface area contributed by atoms with Gasteiger partial charge < -0.3 is 19.9 Å². The second kappa shape index (κ2) is 9.50. The molecule has 0 unspecified atom stereocenters. The van der Waals surface area contributed by atoms with Crippen LogP contribution >= 0.6 is 0 Å². The number of sulfonamides is 1. The third-order valence-corrected chi connectivity index (χ3v) is 6.44. The summed E-state index contributed by atoms with van der Waals surface area (Å²) < 4.78 is 31.0. The van der Waals surface area contributed by atoms with E-state index in [1.807, 2.05) is 32.0 Å². The average molecular weight is 475 g/mol. The quantitative estimate of drug-likeness (QED) is 0.397. The molecule has 3 rings (SSSR count). The minimum absolute atomic E-state index is 0.0401. The molecule has 4 N–H and O–H groups in total. The minimum Gasteiger partial charge on any atom is -0.462 e.